The van der Waals surface area contributed by atoms with Gasteiger partial charge in [-0.05, 0) is 54.7 Å². The first-order chi connectivity index (χ1) is 14.5. The molecule has 6 nitrogen and oxygen atoms in total. The molecule has 0 radical (unpaired) electrons. The number of hydrogen-bond acceptors (Lipinski definition) is 5. The van der Waals surface area contributed by atoms with Crippen molar-refractivity contribution in [2.24, 2.45) is 0 Å². The van der Waals surface area contributed by atoms with Crippen LogP contribution in [-0.2, 0) is 17.6 Å². The summed E-state index contributed by atoms with van der Waals surface area (Å²) in [5, 5.41) is 12.0. The summed E-state index contributed by atoms with van der Waals surface area (Å²) in [5.74, 6) is 0.815. The molecule has 1 amide bonds. The van der Waals surface area contributed by atoms with Crippen LogP contribution in [0.3, 0.4) is 0 Å². The van der Waals surface area contributed by atoms with Crippen molar-refractivity contribution in [2.45, 2.75) is 57.0 Å². The van der Waals surface area contributed by atoms with E-state index in [9.17, 15) is 4.79 Å². The number of rotatable bonds is 5. The van der Waals surface area contributed by atoms with Crippen LogP contribution in [0.1, 0.15) is 48.0 Å². The zero-order valence-corrected chi connectivity index (χ0v) is 18.6. The van der Waals surface area contributed by atoms with Crippen LogP contribution >= 0.6 is 11.8 Å². The van der Waals surface area contributed by atoms with Gasteiger partial charge in [-0.15, -0.1) is 10.2 Å². The molecule has 0 saturated heterocycles. The van der Waals surface area contributed by atoms with Crippen molar-refractivity contribution in [3.05, 3.63) is 70.5 Å². The minimum absolute atomic E-state index is 0.0469. The standard InChI is InChI=1S/C23H27N5OS/c1-5-16-7-9-17(10-8-16)20-21(30-23-26-25-19(6-2)28(23)27-20)22(29)24-18-12-14(3)11-15(4)13-18/h7-13,20-21,27H,5-6H2,1-4H3,(H,24,29)/t20-,21-/m1/s1. The maximum Gasteiger partial charge on any atom is 0.240 e. The number of aromatic nitrogens is 3. The zero-order chi connectivity index (χ0) is 21.3. The average molecular weight is 422 g/mol. The van der Waals surface area contributed by atoms with Gasteiger partial charge < -0.3 is 10.7 Å². The Morgan fingerprint density at radius 1 is 1.07 bits per heavy atom. The Morgan fingerprint density at radius 2 is 1.77 bits per heavy atom. The maximum atomic E-state index is 13.4. The van der Waals surface area contributed by atoms with E-state index >= 15 is 0 Å². The topological polar surface area (TPSA) is 71.8 Å². The van der Waals surface area contributed by atoms with Crippen molar-refractivity contribution in [1.29, 1.82) is 0 Å². The van der Waals surface area contributed by atoms with Crippen LogP contribution in [0.2, 0.25) is 0 Å². The van der Waals surface area contributed by atoms with Gasteiger partial charge in [-0.2, -0.15) is 0 Å². The highest BCUT2D eigenvalue weighted by Gasteiger charge is 2.37. The Hall–Kier alpha value is -2.80. The lowest BCUT2D eigenvalue weighted by atomic mass is 10.0. The van der Waals surface area contributed by atoms with E-state index in [-0.39, 0.29) is 17.2 Å². The van der Waals surface area contributed by atoms with Crippen molar-refractivity contribution in [2.75, 3.05) is 10.7 Å². The quantitative estimate of drug-likeness (QED) is 0.638. The Morgan fingerprint density at radius 3 is 2.40 bits per heavy atom. The molecule has 2 N–H and O–H groups in total. The SMILES string of the molecule is CCc1ccc([C@H]2Nn3c(CC)nnc3S[C@H]2C(=O)Nc2cc(C)cc(C)c2)cc1. The highest BCUT2D eigenvalue weighted by molar-refractivity contribution is 8.00. The van der Waals surface area contributed by atoms with Crippen molar-refractivity contribution >= 4 is 23.4 Å². The highest BCUT2D eigenvalue weighted by Crippen LogP contribution is 2.37. The molecule has 156 valence electrons. The smallest absolute Gasteiger partial charge is 0.240 e. The van der Waals surface area contributed by atoms with Gasteiger partial charge in [-0.3, -0.25) is 4.79 Å². The van der Waals surface area contributed by atoms with Crippen molar-refractivity contribution in [3.63, 3.8) is 0 Å². The molecule has 0 bridgehead atoms. The van der Waals surface area contributed by atoms with E-state index < -0.39 is 0 Å². The molecule has 2 atom stereocenters. The molecule has 4 rings (SSSR count). The Labute approximate surface area is 181 Å². The van der Waals surface area contributed by atoms with Gasteiger partial charge in [0.2, 0.25) is 11.1 Å². The van der Waals surface area contributed by atoms with E-state index in [1.54, 1.807) is 0 Å². The molecule has 7 heteroatoms. The molecule has 1 aromatic heterocycles. The van der Waals surface area contributed by atoms with Crippen molar-refractivity contribution in [1.82, 2.24) is 14.9 Å². The molecule has 0 unspecified atom stereocenters. The van der Waals surface area contributed by atoms with Gasteiger partial charge in [0.15, 0.2) is 5.82 Å². The molecule has 0 fully saturated rings. The Kier molecular flexibility index (Phi) is 5.81. The minimum atomic E-state index is -0.375. The summed E-state index contributed by atoms with van der Waals surface area (Å²) in [4.78, 5) is 13.4. The number of aryl methyl sites for hydroxylation is 4. The van der Waals surface area contributed by atoms with Crippen molar-refractivity contribution in [3.8, 4) is 0 Å². The predicted octanol–water partition coefficient (Wildman–Crippen LogP) is 4.42. The number of nitrogens with zero attached hydrogens (tertiary/aromatic N) is 3. The summed E-state index contributed by atoms with van der Waals surface area (Å²) in [6.45, 7) is 8.26. The summed E-state index contributed by atoms with van der Waals surface area (Å²) in [5.41, 5.74) is 8.91. The molecule has 0 spiro atoms. The van der Waals surface area contributed by atoms with E-state index in [1.807, 2.05) is 37.6 Å². The van der Waals surface area contributed by atoms with E-state index in [4.69, 9.17) is 0 Å². The molecule has 1 aliphatic heterocycles. The first kappa shape index (κ1) is 20.5. The van der Waals surface area contributed by atoms with Crippen LogP contribution in [0.5, 0.6) is 0 Å². The lowest BCUT2D eigenvalue weighted by molar-refractivity contribution is -0.116. The molecule has 0 saturated carbocycles. The van der Waals surface area contributed by atoms with Gasteiger partial charge in [-0.25, -0.2) is 4.68 Å². The lowest BCUT2D eigenvalue weighted by Gasteiger charge is -2.33. The Balaban J connectivity index is 1.67. The van der Waals surface area contributed by atoms with E-state index in [0.29, 0.717) is 5.16 Å². The molecule has 2 heterocycles. The second-order valence-electron chi connectivity index (χ2n) is 7.69. The van der Waals surface area contributed by atoms with Gasteiger partial charge in [0.05, 0.1) is 6.04 Å². The van der Waals surface area contributed by atoms with Crippen LogP contribution in [0.15, 0.2) is 47.6 Å². The number of carbonyl (C=O) groups is 1. The molecule has 2 aromatic carbocycles. The first-order valence-corrected chi connectivity index (χ1v) is 11.2. The summed E-state index contributed by atoms with van der Waals surface area (Å²) in [6, 6.07) is 14.4. The molecule has 30 heavy (non-hydrogen) atoms. The highest BCUT2D eigenvalue weighted by atomic mass is 32.2. The van der Waals surface area contributed by atoms with Gasteiger partial charge in [0.1, 0.15) is 5.25 Å². The number of anilines is 1. The third-order valence-corrected chi connectivity index (χ3v) is 6.53. The summed E-state index contributed by atoms with van der Waals surface area (Å²) < 4.78 is 1.92. The van der Waals surface area contributed by atoms with E-state index in [1.165, 1.54) is 17.3 Å². The van der Waals surface area contributed by atoms with Crippen LogP contribution < -0.4 is 10.7 Å². The largest absolute Gasteiger partial charge is 0.325 e. The van der Waals surface area contributed by atoms with Crippen LogP contribution in [0.4, 0.5) is 5.69 Å². The average Bonchev–Trinajstić information content (AvgIpc) is 3.14. The van der Waals surface area contributed by atoms with Gasteiger partial charge >= 0.3 is 0 Å². The molecule has 0 aliphatic carbocycles. The second kappa shape index (κ2) is 8.52. The summed E-state index contributed by atoms with van der Waals surface area (Å²) in [6.07, 6.45) is 1.75. The lowest BCUT2D eigenvalue weighted by Crippen LogP contribution is -2.41. The van der Waals surface area contributed by atoms with Gasteiger partial charge in [0, 0.05) is 12.1 Å². The van der Waals surface area contributed by atoms with Crippen LogP contribution in [0.25, 0.3) is 0 Å². The maximum absolute atomic E-state index is 13.4. The van der Waals surface area contributed by atoms with Gasteiger partial charge in [-0.1, -0.05) is 55.9 Å². The fraction of sp³-hybridized carbons (Fsp3) is 0.348. The van der Waals surface area contributed by atoms with E-state index in [0.717, 1.165) is 41.0 Å². The number of benzene rings is 2. The predicted molar refractivity (Wildman–Crippen MR) is 122 cm³/mol. The molecule has 1 aliphatic rings. The summed E-state index contributed by atoms with van der Waals surface area (Å²) in [7, 11) is 0. The minimum Gasteiger partial charge on any atom is -0.325 e. The second-order valence-corrected chi connectivity index (χ2v) is 8.80. The fourth-order valence-corrected chi connectivity index (χ4v) is 4.90. The number of thioether (sulfide) groups is 1. The van der Waals surface area contributed by atoms with Crippen molar-refractivity contribution < 1.29 is 4.79 Å². The zero-order valence-electron chi connectivity index (χ0n) is 17.8. The number of nitrogens with one attached hydrogen (secondary N) is 2. The monoisotopic (exact) mass is 421 g/mol. The number of fused-ring (bicyclic) bond motifs is 1. The van der Waals surface area contributed by atoms with Crippen LogP contribution in [0, 0.1) is 13.8 Å². The number of hydrogen-bond donors (Lipinski definition) is 2. The third kappa shape index (κ3) is 4.07. The normalized spacial score (nSPS) is 17.9. The number of carbonyl (C=O) groups excluding carboxylic acids is 1. The van der Waals surface area contributed by atoms with Gasteiger partial charge in [0.25, 0.3) is 0 Å². The van der Waals surface area contributed by atoms with E-state index in [2.05, 4.69) is 58.2 Å². The third-order valence-electron chi connectivity index (χ3n) is 5.31. The van der Waals surface area contributed by atoms with Crippen LogP contribution in [-0.4, -0.2) is 26.0 Å². The Bertz CT molecular complexity index is 1040. The number of amides is 1. The molecular weight excluding hydrogens is 394 g/mol. The fourth-order valence-electron chi connectivity index (χ4n) is 3.80. The summed E-state index contributed by atoms with van der Waals surface area (Å²) >= 11 is 1.46. The molecule has 3 aromatic rings. The molecular formula is C23H27N5OS. The first-order valence-electron chi connectivity index (χ1n) is 10.3.